The Hall–Kier alpha value is -6.31. The van der Waals surface area contributed by atoms with Crippen LogP contribution in [0.25, 0.3) is 0 Å². The predicted molar refractivity (Wildman–Crippen MR) is 199 cm³/mol. The minimum atomic E-state index is -1.26. The van der Waals surface area contributed by atoms with E-state index in [9.17, 15) is 9.90 Å². The van der Waals surface area contributed by atoms with Gasteiger partial charge >= 0.3 is 5.97 Å². The van der Waals surface area contributed by atoms with Crippen LogP contribution in [0.5, 0.6) is 0 Å². The largest absolute Gasteiger partial charge is 0.476 e. The van der Waals surface area contributed by atoms with E-state index in [4.69, 9.17) is 9.82 Å². The van der Waals surface area contributed by atoms with Crippen LogP contribution in [-0.4, -0.2) is 21.8 Å². The van der Waals surface area contributed by atoms with Gasteiger partial charge in [0, 0.05) is 22.1 Å². The SMILES string of the molecule is O=C(O)/C(=N/OC(c1ccccc1)(c1ccccc1)c1ccccc1)c1csc(NC(c2ccccc2)(c2ccccc2)c2ccccc2)n1. The average Bonchev–Trinajstić information content (AvgIpc) is 3.65. The van der Waals surface area contributed by atoms with E-state index in [1.807, 2.05) is 146 Å². The summed E-state index contributed by atoms with van der Waals surface area (Å²) in [4.78, 5) is 24.3. The average molecular weight is 672 g/mol. The molecular formula is C43H33N3O3S. The van der Waals surface area contributed by atoms with Crippen LogP contribution in [0.1, 0.15) is 39.1 Å². The first kappa shape index (κ1) is 32.2. The summed E-state index contributed by atoms with van der Waals surface area (Å²) in [5, 5.41) is 20.9. The Morgan fingerprint density at radius 2 is 0.900 bits per heavy atom. The van der Waals surface area contributed by atoms with Crippen molar-refractivity contribution < 1.29 is 14.7 Å². The number of carboxylic acids is 1. The fourth-order valence-electron chi connectivity index (χ4n) is 6.37. The first-order valence-electron chi connectivity index (χ1n) is 16.2. The van der Waals surface area contributed by atoms with E-state index in [-0.39, 0.29) is 11.4 Å². The molecule has 0 saturated carbocycles. The molecule has 6 aromatic carbocycles. The minimum absolute atomic E-state index is 0.177. The number of hydrogen-bond acceptors (Lipinski definition) is 6. The van der Waals surface area contributed by atoms with E-state index in [0.29, 0.717) is 5.13 Å². The lowest BCUT2D eigenvalue weighted by molar-refractivity contribution is -0.129. The molecule has 0 aliphatic rings. The molecular weight excluding hydrogens is 639 g/mol. The number of aromatic nitrogens is 1. The van der Waals surface area contributed by atoms with Crippen LogP contribution in [0, 0.1) is 0 Å². The summed E-state index contributed by atoms with van der Waals surface area (Å²) in [6.07, 6.45) is 0. The molecule has 0 spiro atoms. The molecule has 2 N–H and O–H groups in total. The van der Waals surface area contributed by atoms with Gasteiger partial charge in [-0.25, -0.2) is 9.78 Å². The van der Waals surface area contributed by atoms with Gasteiger partial charge in [-0.05, 0) is 16.7 Å². The van der Waals surface area contributed by atoms with Crippen LogP contribution >= 0.6 is 11.3 Å². The van der Waals surface area contributed by atoms with Crippen LogP contribution in [0.15, 0.2) is 193 Å². The predicted octanol–water partition coefficient (Wildman–Crippen LogP) is 9.34. The van der Waals surface area contributed by atoms with Crippen LogP contribution in [0.3, 0.4) is 0 Å². The molecule has 0 saturated heterocycles. The second kappa shape index (κ2) is 14.4. The summed E-state index contributed by atoms with van der Waals surface area (Å²) in [5.41, 5.74) is 3.18. The Morgan fingerprint density at radius 1 is 0.560 bits per heavy atom. The van der Waals surface area contributed by atoms with Crippen LogP contribution < -0.4 is 5.32 Å². The monoisotopic (exact) mass is 671 g/mol. The van der Waals surface area contributed by atoms with Crippen LogP contribution in [-0.2, 0) is 20.8 Å². The number of rotatable bonds is 12. The highest BCUT2D eigenvalue weighted by Gasteiger charge is 2.41. The fraction of sp³-hybridized carbons (Fsp3) is 0.0465. The van der Waals surface area contributed by atoms with Crippen molar-refractivity contribution in [2.75, 3.05) is 5.32 Å². The van der Waals surface area contributed by atoms with Gasteiger partial charge in [0.25, 0.3) is 0 Å². The first-order valence-corrected chi connectivity index (χ1v) is 17.1. The Balaban J connectivity index is 1.34. The van der Waals surface area contributed by atoms with E-state index in [1.165, 1.54) is 11.3 Å². The number of carboxylic acid groups (broad SMARTS) is 1. The fourth-order valence-corrected chi connectivity index (χ4v) is 7.12. The van der Waals surface area contributed by atoms with Gasteiger partial charge in [-0.15, -0.1) is 11.3 Å². The molecule has 6 nitrogen and oxygen atoms in total. The number of anilines is 1. The molecule has 0 fully saturated rings. The summed E-state index contributed by atoms with van der Waals surface area (Å²) >= 11 is 1.31. The van der Waals surface area contributed by atoms with Gasteiger partial charge in [-0.1, -0.05) is 187 Å². The number of benzene rings is 6. The van der Waals surface area contributed by atoms with Gasteiger partial charge in [-0.3, -0.25) is 0 Å². The van der Waals surface area contributed by atoms with Crippen LogP contribution in [0.4, 0.5) is 5.13 Å². The van der Waals surface area contributed by atoms with Crippen molar-refractivity contribution in [3.8, 4) is 0 Å². The van der Waals surface area contributed by atoms with Crippen molar-refractivity contribution in [1.29, 1.82) is 0 Å². The van der Waals surface area contributed by atoms with Crippen molar-refractivity contribution in [3.63, 3.8) is 0 Å². The van der Waals surface area contributed by atoms with Crippen molar-refractivity contribution in [3.05, 3.63) is 226 Å². The van der Waals surface area contributed by atoms with E-state index in [2.05, 4.69) is 46.9 Å². The first-order chi connectivity index (χ1) is 24.6. The molecule has 0 aliphatic carbocycles. The van der Waals surface area contributed by atoms with Gasteiger partial charge in [0.15, 0.2) is 5.13 Å². The highest BCUT2D eigenvalue weighted by Crippen LogP contribution is 2.42. The van der Waals surface area contributed by atoms with Crippen molar-refractivity contribution in [2.45, 2.75) is 11.1 Å². The lowest BCUT2D eigenvalue weighted by atomic mass is 9.77. The van der Waals surface area contributed by atoms with Crippen molar-refractivity contribution in [2.24, 2.45) is 5.16 Å². The smallest absolute Gasteiger partial charge is 0.360 e. The second-order valence-corrected chi connectivity index (χ2v) is 12.5. The van der Waals surface area contributed by atoms with Gasteiger partial charge in [0.1, 0.15) is 11.2 Å². The van der Waals surface area contributed by atoms with Crippen molar-refractivity contribution >= 4 is 28.1 Å². The standard InChI is InChI=1S/C43H33N3O3S/c47-40(48)39(46-49-43(35-25-13-4-14-26-35,36-27-15-5-16-28-36)37-29-17-6-18-30-37)38-31-50-41(44-38)45-42(32-19-7-1-8-20-32,33-21-9-2-10-22-33)34-23-11-3-12-24-34/h1-31H,(H,44,45)(H,47,48)/b46-39+. The molecule has 1 heterocycles. The molecule has 0 radical (unpaired) electrons. The molecule has 244 valence electrons. The number of nitrogens with zero attached hydrogens (tertiary/aromatic N) is 2. The Morgan fingerprint density at radius 3 is 1.24 bits per heavy atom. The van der Waals surface area contributed by atoms with E-state index in [1.54, 1.807) is 5.38 Å². The van der Waals surface area contributed by atoms with E-state index in [0.717, 1.165) is 33.4 Å². The topological polar surface area (TPSA) is 83.8 Å². The zero-order valence-electron chi connectivity index (χ0n) is 27.0. The molecule has 7 aromatic rings. The van der Waals surface area contributed by atoms with Gasteiger partial charge in [0.2, 0.25) is 11.3 Å². The molecule has 0 unspecified atom stereocenters. The Labute approximate surface area is 295 Å². The molecule has 0 bridgehead atoms. The number of nitrogens with one attached hydrogen (secondary N) is 1. The third kappa shape index (κ3) is 6.18. The van der Waals surface area contributed by atoms with E-state index < -0.39 is 17.1 Å². The van der Waals surface area contributed by atoms with Gasteiger partial charge in [-0.2, -0.15) is 0 Å². The summed E-state index contributed by atoms with van der Waals surface area (Å²) in [7, 11) is 0. The Bertz CT molecular complexity index is 1980. The summed E-state index contributed by atoms with van der Waals surface area (Å²) in [5.74, 6) is -1.26. The highest BCUT2D eigenvalue weighted by molar-refractivity contribution is 7.14. The van der Waals surface area contributed by atoms with Crippen LogP contribution in [0.2, 0.25) is 0 Å². The minimum Gasteiger partial charge on any atom is -0.476 e. The van der Waals surface area contributed by atoms with E-state index >= 15 is 0 Å². The number of carbonyl (C=O) groups is 1. The number of hydrogen-bond donors (Lipinski definition) is 2. The number of oxime groups is 1. The van der Waals surface area contributed by atoms with Crippen molar-refractivity contribution in [1.82, 2.24) is 4.98 Å². The summed E-state index contributed by atoms with van der Waals surface area (Å²) in [6.45, 7) is 0. The second-order valence-electron chi connectivity index (χ2n) is 11.6. The number of thiazole rings is 1. The normalized spacial score (nSPS) is 11.9. The molecule has 0 aliphatic heterocycles. The maximum atomic E-state index is 12.9. The lowest BCUT2D eigenvalue weighted by Crippen LogP contribution is -2.38. The number of aliphatic carboxylic acids is 1. The van der Waals surface area contributed by atoms with Gasteiger partial charge < -0.3 is 15.3 Å². The maximum absolute atomic E-state index is 12.9. The maximum Gasteiger partial charge on any atom is 0.360 e. The summed E-state index contributed by atoms with van der Waals surface area (Å²) < 4.78 is 0. The molecule has 1 aromatic heterocycles. The highest BCUT2D eigenvalue weighted by atomic mass is 32.1. The Kier molecular flexibility index (Phi) is 9.31. The summed E-state index contributed by atoms with van der Waals surface area (Å²) in [6, 6.07) is 59.6. The third-order valence-corrected chi connectivity index (χ3v) is 9.44. The third-order valence-electron chi connectivity index (χ3n) is 8.68. The zero-order valence-corrected chi connectivity index (χ0v) is 27.8. The lowest BCUT2D eigenvalue weighted by Gasteiger charge is -2.36. The molecule has 7 rings (SSSR count). The zero-order chi connectivity index (χ0) is 34.2. The quantitative estimate of drug-likeness (QED) is 0.0769. The molecule has 0 amide bonds. The molecule has 0 atom stereocenters. The molecule has 7 heteroatoms. The molecule has 50 heavy (non-hydrogen) atoms. The van der Waals surface area contributed by atoms with Gasteiger partial charge in [0.05, 0.1) is 0 Å².